The number of hydrogen-bond acceptors (Lipinski definition) is 5. The molecule has 108 valence electrons. The maximum absolute atomic E-state index is 11.6. The Labute approximate surface area is 114 Å². The Balaban J connectivity index is 2.73. The Kier molecular flexibility index (Phi) is 5.15. The summed E-state index contributed by atoms with van der Waals surface area (Å²) in [4.78, 5) is 32.4. The first-order chi connectivity index (χ1) is 9.31. The zero-order chi connectivity index (χ0) is 15.3. The lowest BCUT2D eigenvalue weighted by Gasteiger charge is -2.08. The number of rotatable bonds is 6. The van der Waals surface area contributed by atoms with Crippen LogP contribution in [0.15, 0.2) is 18.2 Å². The van der Waals surface area contributed by atoms with Crippen molar-refractivity contribution in [2.45, 2.75) is 25.8 Å². The van der Waals surface area contributed by atoms with Gasteiger partial charge in [-0.2, -0.15) is 0 Å². The third kappa shape index (κ3) is 4.32. The lowest BCUT2D eigenvalue weighted by atomic mass is 10.1. The summed E-state index contributed by atoms with van der Waals surface area (Å²) in [6.07, 6.45) is -0.167. The second-order valence-electron chi connectivity index (χ2n) is 4.31. The van der Waals surface area contributed by atoms with Gasteiger partial charge in [0, 0.05) is 12.5 Å². The average Bonchev–Trinajstić information content (AvgIpc) is 2.35. The van der Waals surface area contributed by atoms with E-state index in [4.69, 9.17) is 10.8 Å². The molecule has 0 radical (unpaired) electrons. The van der Waals surface area contributed by atoms with E-state index in [9.17, 15) is 19.7 Å². The summed E-state index contributed by atoms with van der Waals surface area (Å²) in [7, 11) is 0. The molecule has 1 aromatic rings. The third-order valence-electron chi connectivity index (χ3n) is 2.62. The second-order valence-corrected chi connectivity index (χ2v) is 4.31. The van der Waals surface area contributed by atoms with E-state index in [0.29, 0.717) is 0 Å². The largest absolute Gasteiger partial charge is 0.480 e. The number of anilines is 1. The molecule has 0 bridgehead atoms. The number of aryl methyl sites for hydroxylation is 1. The minimum atomic E-state index is -1.20. The number of nitrogens with one attached hydrogen (secondary N) is 1. The van der Waals surface area contributed by atoms with Gasteiger partial charge in [-0.05, 0) is 25.0 Å². The van der Waals surface area contributed by atoms with E-state index < -0.39 is 22.8 Å². The SMILES string of the molecule is Cc1ccc([N+](=O)[O-])c(NC(=O)CC[C@H](N)C(=O)O)c1. The highest BCUT2D eigenvalue weighted by atomic mass is 16.6. The van der Waals surface area contributed by atoms with Gasteiger partial charge >= 0.3 is 5.97 Å². The highest BCUT2D eigenvalue weighted by Crippen LogP contribution is 2.25. The number of aliphatic carboxylic acids is 1. The molecule has 1 aromatic carbocycles. The standard InChI is InChI=1S/C12H15N3O5/c1-7-2-4-10(15(19)20)9(6-7)14-11(16)5-3-8(13)12(17)18/h2,4,6,8H,3,5,13H2,1H3,(H,14,16)(H,17,18)/t8-/m0/s1. The summed E-state index contributed by atoms with van der Waals surface area (Å²) >= 11 is 0. The number of amides is 1. The van der Waals surface area contributed by atoms with E-state index in [1.54, 1.807) is 13.0 Å². The summed E-state index contributed by atoms with van der Waals surface area (Å²) in [5.41, 5.74) is 5.90. The zero-order valence-electron chi connectivity index (χ0n) is 10.8. The number of carboxylic acid groups (broad SMARTS) is 1. The number of carboxylic acids is 1. The van der Waals surface area contributed by atoms with Gasteiger partial charge in [-0.3, -0.25) is 19.7 Å². The molecule has 0 spiro atoms. The molecule has 1 amide bonds. The maximum atomic E-state index is 11.6. The minimum absolute atomic E-state index is 0.0409. The van der Waals surface area contributed by atoms with Gasteiger partial charge in [-0.25, -0.2) is 0 Å². The van der Waals surface area contributed by atoms with Crippen LogP contribution >= 0.6 is 0 Å². The molecule has 0 fully saturated rings. The number of carbonyl (C=O) groups excluding carboxylic acids is 1. The fourth-order valence-electron chi connectivity index (χ4n) is 1.53. The van der Waals surface area contributed by atoms with E-state index in [2.05, 4.69) is 5.32 Å². The van der Waals surface area contributed by atoms with Gasteiger partial charge in [0.25, 0.3) is 5.69 Å². The molecule has 0 saturated heterocycles. The van der Waals surface area contributed by atoms with Crippen LogP contribution in [0.4, 0.5) is 11.4 Å². The van der Waals surface area contributed by atoms with Crippen LogP contribution in [0.1, 0.15) is 18.4 Å². The summed E-state index contributed by atoms with van der Waals surface area (Å²) < 4.78 is 0. The van der Waals surface area contributed by atoms with Crippen molar-refractivity contribution in [3.05, 3.63) is 33.9 Å². The number of nitrogens with zero attached hydrogens (tertiary/aromatic N) is 1. The number of nitro benzene ring substituents is 1. The molecule has 0 aromatic heterocycles. The van der Waals surface area contributed by atoms with Crippen molar-refractivity contribution < 1.29 is 19.6 Å². The Bertz CT molecular complexity index is 544. The highest BCUT2D eigenvalue weighted by Gasteiger charge is 2.17. The lowest BCUT2D eigenvalue weighted by molar-refractivity contribution is -0.383. The fourth-order valence-corrected chi connectivity index (χ4v) is 1.53. The average molecular weight is 281 g/mol. The van der Waals surface area contributed by atoms with Gasteiger partial charge in [0.2, 0.25) is 5.91 Å². The van der Waals surface area contributed by atoms with Crippen molar-refractivity contribution in [2.75, 3.05) is 5.32 Å². The van der Waals surface area contributed by atoms with Crippen LogP contribution in [0.5, 0.6) is 0 Å². The van der Waals surface area contributed by atoms with Crippen LogP contribution < -0.4 is 11.1 Å². The molecular weight excluding hydrogens is 266 g/mol. The predicted octanol–water partition coefficient (Wildman–Crippen LogP) is 1.03. The molecule has 8 nitrogen and oxygen atoms in total. The van der Waals surface area contributed by atoms with Crippen LogP contribution in [0.3, 0.4) is 0 Å². The Hall–Kier alpha value is -2.48. The van der Waals surface area contributed by atoms with Crippen LogP contribution in [-0.4, -0.2) is 27.9 Å². The van der Waals surface area contributed by atoms with Crippen molar-refractivity contribution >= 4 is 23.3 Å². The zero-order valence-corrected chi connectivity index (χ0v) is 10.8. The minimum Gasteiger partial charge on any atom is -0.480 e. The number of nitrogens with two attached hydrogens (primary N) is 1. The van der Waals surface area contributed by atoms with E-state index in [0.717, 1.165) is 5.56 Å². The molecule has 0 unspecified atom stereocenters. The lowest BCUT2D eigenvalue weighted by Crippen LogP contribution is -2.31. The first-order valence-electron chi connectivity index (χ1n) is 5.84. The quantitative estimate of drug-likeness (QED) is 0.526. The predicted molar refractivity (Wildman–Crippen MR) is 71.3 cm³/mol. The van der Waals surface area contributed by atoms with Crippen LogP contribution in [0.25, 0.3) is 0 Å². The van der Waals surface area contributed by atoms with Crippen molar-refractivity contribution in [1.29, 1.82) is 0 Å². The summed E-state index contributed by atoms with van der Waals surface area (Å²) in [6, 6.07) is 3.21. The summed E-state index contributed by atoms with van der Waals surface area (Å²) in [5, 5.41) is 21.8. The number of hydrogen-bond donors (Lipinski definition) is 3. The molecule has 0 aliphatic carbocycles. The van der Waals surface area contributed by atoms with Crippen molar-refractivity contribution in [3.8, 4) is 0 Å². The molecule has 1 atom stereocenters. The Morgan fingerprint density at radius 1 is 1.50 bits per heavy atom. The molecule has 0 aliphatic heterocycles. The van der Waals surface area contributed by atoms with E-state index in [1.807, 2.05) is 0 Å². The van der Waals surface area contributed by atoms with Gasteiger partial charge in [-0.1, -0.05) is 6.07 Å². The molecular formula is C12H15N3O5. The van der Waals surface area contributed by atoms with Crippen molar-refractivity contribution in [2.24, 2.45) is 5.73 Å². The van der Waals surface area contributed by atoms with Gasteiger partial charge < -0.3 is 16.2 Å². The van der Waals surface area contributed by atoms with Crippen LogP contribution in [0, 0.1) is 17.0 Å². The molecule has 1 rings (SSSR count). The Morgan fingerprint density at radius 3 is 2.70 bits per heavy atom. The van der Waals surface area contributed by atoms with E-state index in [-0.39, 0.29) is 24.2 Å². The first-order valence-corrected chi connectivity index (χ1v) is 5.84. The van der Waals surface area contributed by atoms with Gasteiger partial charge in [0.05, 0.1) is 4.92 Å². The maximum Gasteiger partial charge on any atom is 0.320 e. The van der Waals surface area contributed by atoms with E-state index in [1.165, 1.54) is 12.1 Å². The highest BCUT2D eigenvalue weighted by molar-refractivity contribution is 5.93. The number of benzene rings is 1. The monoisotopic (exact) mass is 281 g/mol. The molecule has 20 heavy (non-hydrogen) atoms. The summed E-state index contributed by atoms with van der Waals surface area (Å²) in [5.74, 6) is -1.71. The molecule has 0 heterocycles. The molecule has 0 saturated carbocycles. The second kappa shape index (κ2) is 6.62. The van der Waals surface area contributed by atoms with Gasteiger partial charge in [0.15, 0.2) is 0 Å². The summed E-state index contributed by atoms with van der Waals surface area (Å²) in [6.45, 7) is 1.74. The first kappa shape index (κ1) is 15.6. The fraction of sp³-hybridized carbons (Fsp3) is 0.333. The van der Waals surface area contributed by atoms with E-state index >= 15 is 0 Å². The molecule has 4 N–H and O–H groups in total. The van der Waals surface area contributed by atoms with Crippen LogP contribution in [-0.2, 0) is 9.59 Å². The third-order valence-corrected chi connectivity index (χ3v) is 2.62. The van der Waals surface area contributed by atoms with Gasteiger partial charge in [0.1, 0.15) is 11.7 Å². The normalized spacial score (nSPS) is 11.7. The van der Waals surface area contributed by atoms with Crippen molar-refractivity contribution in [1.82, 2.24) is 0 Å². The van der Waals surface area contributed by atoms with Gasteiger partial charge in [-0.15, -0.1) is 0 Å². The molecule has 8 heteroatoms. The number of nitro groups is 1. The number of carbonyl (C=O) groups is 2. The Morgan fingerprint density at radius 2 is 2.15 bits per heavy atom. The van der Waals surface area contributed by atoms with Crippen molar-refractivity contribution in [3.63, 3.8) is 0 Å². The van der Waals surface area contributed by atoms with Crippen LogP contribution in [0.2, 0.25) is 0 Å². The smallest absolute Gasteiger partial charge is 0.320 e. The molecule has 0 aliphatic rings. The topological polar surface area (TPSA) is 136 Å².